The van der Waals surface area contributed by atoms with Gasteiger partial charge >= 0.3 is 0 Å². The molecule has 0 saturated carbocycles. The van der Waals surface area contributed by atoms with Crippen LogP contribution in [-0.4, -0.2) is 50.2 Å². The molecule has 4 rings (SSSR count). The maximum atomic E-state index is 12.0. The summed E-state index contributed by atoms with van der Waals surface area (Å²) in [5.41, 5.74) is 14.2. The normalized spacial score (nSPS) is 30.3. The second-order valence-electron chi connectivity index (χ2n) is 6.32. The van der Waals surface area contributed by atoms with E-state index in [1.807, 2.05) is 0 Å². The van der Waals surface area contributed by atoms with E-state index in [-0.39, 0.29) is 23.7 Å². The Labute approximate surface area is 140 Å². The molecule has 4 heterocycles. The van der Waals surface area contributed by atoms with Gasteiger partial charge in [-0.25, -0.2) is 4.98 Å². The van der Waals surface area contributed by atoms with Crippen LogP contribution in [0, 0.1) is 0 Å². The number of ether oxygens (including phenoxy) is 3. The zero-order chi connectivity index (χ0) is 17.8. The number of nitrogen functional groups attached to an aromatic ring is 1. The minimum Gasteiger partial charge on any atom is -0.369 e. The van der Waals surface area contributed by atoms with Gasteiger partial charge < -0.3 is 19.9 Å². The first-order chi connectivity index (χ1) is 11.9. The molecule has 12 heteroatoms. The third-order valence-electron chi connectivity index (χ3n) is 4.17. The molecule has 2 aliphatic rings. The van der Waals surface area contributed by atoms with Gasteiger partial charge in [-0.3, -0.25) is 14.3 Å². The molecule has 2 saturated heterocycles. The van der Waals surface area contributed by atoms with Crippen LogP contribution in [-0.2, 0) is 14.2 Å². The number of aromatic nitrogens is 4. The number of fused-ring (bicyclic) bond motifs is 2. The van der Waals surface area contributed by atoms with Crippen molar-refractivity contribution in [3.8, 4) is 0 Å². The second-order valence-corrected chi connectivity index (χ2v) is 6.32. The lowest BCUT2D eigenvalue weighted by Gasteiger charge is -2.24. The summed E-state index contributed by atoms with van der Waals surface area (Å²) in [6.45, 7) is 3.68. The smallest absolute Gasteiger partial charge is 0.280 e. The van der Waals surface area contributed by atoms with Crippen LogP contribution in [0.5, 0.6) is 0 Å². The summed E-state index contributed by atoms with van der Waals surface area (Å²) >= 11 is 0. The van der Waals surface area contributed by atoms with Crippen LogP contribution in [0.3, 0.4) is 0 Å². The first kappa shape index (κ1) is 15.8. The van der Waals surface area contributed by atoms with Gasteiger partial charge in [0.15, 0.2) is 23.2 Å². The van der Waals surface area contributed by atoms with Crippen LogP contribution in [0.1, 0.15) is 20.1 Å². The van der Waals surface area contributed by atoms with Gasteiger partial charge in [-0.15, -0.1) is 0 Å². The Hall–Kier alpha value is -2.66. The number of aromatic amines is 1. The second kappa shape index (κ2) is 5.43. The first-order valence-corrected chi connectivity index (χ1v) is 7.64. The fourth-order valence-electron chi connectivity index (χ4n) is 3.28. The third-order valence-corrected chi connectivity index (χ3v) is 4.17. The number of hydrogen-bond acceptors (Lipinski definition) is 8. The van der Waals surface area contributed by atoms with E-state index in [4.69, 9.17) is 25.5 Å². The topological polar surface area (TPSA) is 166 Å². The highest BCUT2D eigenvalue weighted by molar-refractivity contribution is 5.70. The van der Waals surface area contributed by atoms with Gasteiger partial charge in [0, 0.05) is 4.91 Å². The van der Waals surface area contributed by atoms with E-state index in [1.165, 1.54) is 6.33 Å². The van der Waals surface area contributed by atoms with E-state index in [1.54, 1.807) is 18.4 Å². The lowest BCUT2D eigenvalue weighted by molar-refractivity contribution is -0.195. The van der Waals surface area contributed by atoms with Crippen molar-refractivity contribution in [3.63, 3.8) is 0 Å². The number of azide groups is 1. The average Bonchev–Trinajstić information content (AvgIpc) is 3.16. The molecule has 25 heavy (non-hydrogen) atoms. The fourth-order valence-corrected chi connectivity index (χ4v) is 3.28. The Morgan fingerprint density at radius 3 is 3.00 bits per heavy atom. The highest BCUT2D eigenvalue weighted by atomic mass is 16.8. The summed E-state index contributed by atoms with van der Waals surface area (Å²) in [5.74, 6) is -0.838. The van der Waals surface area contributed by atoms with E-state index in [9.17, 15) is 4.79 Å². The van der Waals surface area contributed by atoms with Crippen molar-refractivity contribution in [1.29, 1.82) is 0 Å². The number of nitrogens with zero attached hydrogens (tertiary/aromatic N) is 6. The third kappa shape index (κ3) is 2.51. The molecule has 4 atom stereocenters. The highest BCUT2D eigenvalue weighted by Crippen LogP contribution is 2.43. The minimum atomic E-state index is -0.813. The molecule has 0 amide bonds. The summed E-state index contributed by atoms with van der Waals surface area (Å²) in [6, 6.07) is 0. The number of anilines is 1. The predicted molar refractivity (Wildman–Crippen MR) is 84.3 cm³/mol. The molecular weight excluding hydrogens is 332 g/mol. The Bertz CT molecular complexity index is 930. The first-order valence-electron chi connectivity index (χ1n) is 7.64. The zero-order valence-electron chi connectivity index (χ0n) is 13.5. The van der Waals surface area contributed by atoms with E-state index in [0.717, 1.165) is 0 Å². The Morgan fingerprint density at radius 2 is 2.24 bits per heavy atom. The van der Waals surface area contributed by atoms with Crippen molar-refractivity contribution in [2.45, 2.75) is 44.2 Å². The molecule has 0 aromatic carbocycles. The van der Waals surface area contributed by atoms with Crippen molar-refractivity contribution in [3.05, 3.63) is 27.1 Å². The van der Waals surface area contributed by atoms with Crippen molar-refractivity contribution in [2.24, 2.45) is 5.11 Å². The lowest BCUT2D eigenvalue weighted by atomic mass is 10.1. The van der Waals surface area contributed by atoms with Crippen molar-refractivity contribution in [1.82, 2.24) is 19.5 Å². The van der Waals surface area contributed by atoms with Crippen LogP contribution < -0.4 is 11.3 Å². The number of nitrogens with one attached hydrogen (secondary N) is 1. The minimum absolute atomic E-state index is 0.0247. The van der Waals surface area contributed by atoms with Crippen LogP contribution in [0.4, 0.5) is 5.95 Å². The molecule has 12 nitrogen and oxygen atoms in total. The molecule has 0 bridgehead atoms. The molecule has 0 radical (unpaired) electrons. The molecule has 132 valence electrons. The van der Waals surface area contributed by atoms with Gasteiger partial charge in [-0.2, -0.15) is 4.98 Å². The van der Waals surface area contributed by atoms with Gasteiger partial charge in [0.2, 0.25) is 5.95 Å². The van der Waals surface area contributed by atoms with E-state index in [2.05, 4.69) is 25.0 Å². The fraction of sp³-hybridized carbons (Fsp3) is 0.615. The molecular formula is C13H16N8O4. The largest absolute Gasteiger partial charge is 0.369 e. The maximum Gasteiger partial charge on any atom is 0.280 e. The van der Waals surface area contributed by atoms with Crippen LogP contribution >= 0.6 is 0 Å². The van der Waals surface area contributed by atoms with Gasteiger partial charge in [0.25, 0.3) is 5.56 Å². The van der Waals surface area contributed by atoms with Gasteiger partial charge in [-0.1, -0.05) is 5.11 Å². The summed E-state index contributed by atoms with van der Waals surface area (Å²) in [5, 5.41) is 3.57. The average molecular weight is 348 g/mol. The SMILES string of the molecule is CC1(C)OC2C(O1)[C@@H](CN=[N+]=[N-])O[C@H]2n1cnc2c(=O)[nH]c(N)nc21. The van der Waals surface area contributed by atoms with Gasteiger partial charge in [0.05, 0.1) is 19.0 Å². The van der Waals surface area contributed by atoms with Gasteiger partial charge in [0.1, 0.15) is 12.2 Å². The highest BCUT2D eigenvalue weighted by Gasteiger charge is 2.55. The summed E-state index contributed by atoms with van der Waals surface area (Å²) in [6.07, 6.45) is -0.608. The predicted octanol–water partition coefficient (Wildman–Crippen LogP) is 0.430. The standard InChI is InChI=1S/C13H16N8O4/c1-13(2)24-7-5(3-17-20-15)23-11(8(7)25-13)21-4-16-6-9(21)18-12(14)19-10(6)22/h4-5,7-8,11H,3H2,1-2H3,(H3,14,18,19,22)/t5-,7?,8?,11-/m1/s1. The number of imidazole rings is 1. The summed E-state index contributed by atoms with van der Waals surface area (Å²) in [7, 11) is 0. The summed E-state index contributed by atoms with van der Waals surface area (Å²) in [4.78, 5) is 25.4. The Balaban J connectivity index is 1.77. The molecule has 3 N–H and O–H groups in total. The molecule has 2 fully saturated rings. The maximum absolute atomic E-state index is 12.0. The van der Waals surface area contributed by atoms with Crippen LogP contribution in [0.25, 0.3) is 21.6 Å². The summed E-state index contributed by atoms with van der Waals surface area (Å²) < 4.78 is 19.4. The molecule has 2 unspecified atom stereocenters. The van der Waals surface area contributed by atoms with Crippen molar-refractivity contribution < 1.29 is 14.2 Å². The van der Waals surface area contributed by atoms with Crippen LogP contribution in [0.15, 0.2) is 16.2 Å². The molecule has 2 aromatic heterocycles. The van der Waals surface area contributed by atoms with E-state index < -0.39 is 35.9 Å². The number of rotatable bonds is 3. The molecule has 0 spiro atoms. The Morgan fingerprint density at radius 1 is 1.48 bits per heavy atom. The molecule has 0 aliphatic carbocycles. The zero-order valence-corrected chi connectivity index (χ0v) is 13.5. The number of hydrogen-bond donors (Lipinski definition) is 2. The monoisotopic (exact) mass is 348 g/mol. The number of H-pyrrole nitrogens is 1. The quantitative estimate of drug-likeness (QED) is 0.460. The van der Waals surface area contributed by atoms with E-state index in [0.29, 0.717) is 0 Å². The Kier molecular flexibility index (Phi) is 3.44. The molecule has 2 aromatic rings. The van der Waals surface area contributed by atoms with Crippen LogP contribution in [0.2, 0.25) is 0 Å². The number of nitrogens with two attached hydrogens (primary N) is 1. The van der Waals surface area contributed by atoms with Crippen molar-refractivity contribution >= 4 is 17.1 Å². The molecule has 2 aliphatic heterocycles. The van der Waals surface area contributed by atoms with E-state index >= 15 is 0 Å². The lowest BCUT2D eigenvalue weighted by Crippen LogP contribution is -2.31. The van der Waals surface area contributed by atoms with Crippen molar-refractivity contribution in [2.75, 3.05) is 12.3 Å². The van der Waals surface area contributed by atoms with Gasteiger partial charge in [-0.05, 0) is 19.4 Å².